The number of esters is 2. The van der Waals surface area contributed by atoms with Gasteiger partial charge in [-0.1, -0.05) is 93.6 Å². The minimum Gasteiger partial charge on any atom is -0.456 e. The first-order valence-electron chi connectivity index (χ1n) is 14.2. The van der Waals surface area contributed by atoms with Gasteiger partial charge in [-0.3, -0.25) is 4.79 Å². The highest BCUT2D eigenvalue weighted by Crippen LogP contribution is 2.37. The lowest BCUT2D eigenvalue weighted by Crippen LogP contribution is -2.43. The summed E-state index contributed by atoms with van der Waals surface area (Å²) < 4.78 is 23.9. The fourth-order valence-electron chi connectivity index (χ4n) is 3.92. The Bertz CT molecular complexity index is 1060. The molecular formula is C33H48O6Si. The van der Waals surface area contributed by atoms with Crippen LogP contribution in [0, 0.1) is 0 Å². The molecule has 0 unspecified atom stereocenters. The normalized spacial score (nSPS) is 15.3. The Morgan fingerprint density at radius 3 is 2.08 bits per heavy atom. The van der Waals surface area contributed by atoms with Gasteiger partial charge in [0.15, 0.2) is 8.32 Å². The smallest absolute Gasteiger partial charge is 0.352 e. The quantitative estimate of drug-likeness (QED) is 0.123. The maximum absolute atomic E-state index is 13.3. The van der Waals surface area contributed by atoms with E-state index in [1.165, 1.54) is 6.92 Å². The van der Waals surface area contributed by atoms with E-state index in [1.807, 2.05) is 49.4 Å². The van der Waals surface area contributed by atoms with Gasteiger partial charge in [0, 0.05) is 25.0 Å². The van der Waals surface area contributed by atoms with Crippen molar-refractivity contribution in [2.75, 3.05) is 0 Å². The van der Waals surface area contributed by atoms with Crippen molar-refractivity contribution in [3.8, 4) is 0 Å². The van der Waals surface area contributed by atoms with Crippen LogP contribution in [0.15, 0.2) is 72.8 Å². The third-order valence-electron chi connectivity index (χ3n) is 7.32. The van der Waals surface area contributed by atoms with Crippen molar-refractivity contribution < 1.29 is 28.2 Å². The van der Waals surface area contributed by atoms with E-state index in [2.05, 4.69) is 46.9 Å². The van der Waals surface area contributed by atoms with E-state index in [0.717, 1.165) is 18.4 Å². The molecule has 0 aliphatic carbocycles. The van der Waals surface area contributed by atoms with Crippen LogP contribution in [-0.2, 0) is 34.8 Å². The molecule has 0 amide bonds. The molecule has 0 aliphatic rings. The van der Waals surface area contributed by atoms with Crippen molar-refractivity contribution in [2.24, 2.45) is 0 Å². The molecule has 0 fully saturated rings. The summed E-state index contributed by atoms with van der Waals surface area (Å²) in [6.07, 6.45) is 4.47. The number of allylic oxidation sites excluding steroid dienone is 1. The average molecular weight is 569 g/mol. The topological polar surface area (TPSA) is 71.1 Å². The second-order valence-electron chi connectivity index (χ2n) is 11.9. The molecule has 2 aromatic rings. The standard InChI is InChI=1S/C33H48O6Si/c1-25(39-40(7,8)33(4,5)6)18-12-9-17-23-30(26(2)36-24-28-19-13-10-14-20-28)38-32(35)31(37-27(3)34)29-21-15-11-16-22-29/h9-11,13-17,19-22,25-26,30-31H,12,18,23-24H2,1-8H3/b17-9+/t25-,26-,30+,31+/m1/s1. The average Bonchev–Trinajstić information content (AvgIpc) is 2.89. The minimum absolute atomic E-state index is 0.169. The zero-order valence-corrected chi connectivity index (χ0v) is 26.5. The highest BCUT2D eigenvalue weighted by Gasteiger charge is 2.38. The van der Waals surface area contributed by atoms with Crippen LogP contribution in [0.3, 0.4) is 0 Å². The maximum atomic E-state index is 13.3. The van der Waals surface area contributed by atoms with E-state index < -0.39 is 32.5 Å². The van der Waals surface area contributed by atoms with Gasteiger partial charge in [0.05, 0.1) is 12.7 Å². The van der Waals surface area contributed by atoms with Crippen molar-refractivity contribution in [2.45, 2.75) is 110 Å². The van der Waals surface area contributed by atoms with Gasteiger partial charge in [0.1, 0.15) is 6.10 Å². The van der Waals surface area contributed by atoms with Gasteiger partial charge < -0.3 is 18.6 Å². The first-order valence-corrected chi connectivity index (χ1v) is 17.1. The van der Waals surface area contributed by atoms with Crippen LogP contribution in [-0.4, -0.2) is 38.6 Å². The number of rotatable bonds is 15. The molecule has 220 valence electrons. The molecule has 40 heavy (non-hydrogen) atoms. The summed E-state index contributed by atoms with van der Waals surface area (Å²) in [5, 5.41) is 0.174. The molecular weight excluding hydrogens is 520 g/mol. The van der Waals surface area contributed by atoms with Crippen LogP contribution in [0.2, 0.25) is 18.1 Å². The number of carbonyl (C=O) groups is 2. The molecule has 0 heterocycles. The van der Waals surface area contributed by atoms with Gasteiger partial charge in [-0.05, 0) is 50.4 Å². The molecule has 6 nitrogen and oxygen atoms in total. The van der Waals surface area contributed by atoms with Crippen LogP contribution >= 0.6 is 0 Å². The Balaban J connectivity index is 2.06. The van der Waals surface area contributed by atoms with Crippen LogP contribution in [0.1, 0.15) is 78.0 Å². The number of benzene rings is 2. The summed E-state index contributed by atoms with van der Waals surface area (Å²) in [4.78, 5) is 25.0. The highest BCUT2D eigenvalue weighted by atomic mass is 28.4. The van der Waals surface area contributed by atoms with E-state index in [9.17, 15) is 9.59 Å². The Hall–Kier alpha value is -2.74. The Kier molecular flexibility index (Phi) is 13.3. The van der Waals surface area contributed by atoms with Gasteiger partial charge in [-0.15, -0.1) is 0 Å². The third kappa shape index (κ3) is 11.4. The third-order valence-corrected chi connectivity index (χ3v) is 11.9. The number of ether oxygens (including phenoxy) is 3. The van der Waals surface area contributed by atoms with Gasteiger partial charge in [-0.25, -0.2) is 4.79 Å². The van der Waals surface area contributed by atoms with Gasteiger partial charge in [0.25, 0.3) is 0 Å². The fraction of sp³-hybridized carbons (Fsp3) is 0.515. The molecule has 7 heteroatoms. The Morgan fingerprint density at radius 2 is 1.50 bits per heavy atom. The van der Waals surface area contributed by atoms with Crippen molar-refractivity contribution in [1.29, 1.82) is 0 Å². The first kappa shape index (κ1) is 33.5. The van der Waals surface area contributed by atoms with Crippen molar-refractivity contribution in [3.63, 3.8) is 0 Å². The second-order valence-corrected chi connectivity index (χ2v) is 16.6. The van der Waals surface area contributed by atoms with Gasteiger partial charge in [0.2, 0.25) is 6.10 Å². The maximum Gasteiger partial charge on any atom is 0.352 e. The van der Waals surface area contributed by atoms with E-state index in [4.69, 9.17) is 18.6 Å². The van der Waals surface area contributed by atoms with Gasteiger partial charge >= 0.3 is 11.9 Å². The predicted molar refractivity (Wildman–Crippen MR) is 162 cm³/mol. The lowest BCUT2D eigenvalue weighted by atomic mass is 10.1. The fourth-order valence-corrected chi connectivity index (χ4v) is 5.40. The zero-order chi connectivity index (χ0) is 29.8. The summed E-state index contributed by atoms with van der Waals surface area (Å²) in [7, 11) is -1.81. The molecule has 0 spiro atoms. The predicted octanol–water partition coefficient (Wildman–Crippen LogP) is 7.94. The summed E-state index contributed by atoms with van der Waals surface area (Å²) in [6.45, 7) is 17.0. The Morgan fingerprint density at radius 1 is 0.900 bits per heavy atom. The van der Waals surface area contributed by atoms with Crippen LogP contribution in [0.5, 0.6) is 0 Å². The van der Waals surface area contributed by atoms with Crippen LogP contribution < -0.4 is 0 Å². The van der Waals surface area contributed by atoms with E-state index >= 15 is 0 Å². The summed E-state index contributed by atoms with van der Waals surface area (Å²) in [5.41, 5.74) is 1.60. The van der Waals surface area contributed by atoms with Crippen molar-refractivity contribution >= 4 is 20.3 Å². The largest absolute Gasteiger partial charge is 0.456 e. The molecule has 0 aliphatic heterocycles. The lowest BCUT2D eigenvalue weighted by molar-refractivity contribution is -0.176. The molecule has 2 rings (SSSR count). The van der Waals surface area contributed by atoms with Crippen molar-refractivity contribution in [1.82, 2.24) is 0 Å². The molecule has 2 aromatic carbocycles. The summed E-state index contributed by atoms with van der Waals surface area (Å²) in [5.74, 6) is -1.17. The molecule has 0 saturated carbocycles. The minimum atomic E-state index is -1.81. The molecule has 0 radical (unpaired) electrons. The number of hydrogen-bond acceptors (Lipinski definition) is 6. The van der Waals surface area contributed by atoms with E-state index in [0.29, 0.717) is 18.6 Å². The van der Waals surface area contributed by atoms with Crippen LogP contribution in [0.4, 0.5) is 0 Å². The van der Waals surface area contributed by atoms with E-state index in [1.54, 1.807) is 24.3 Å². The van der Waals surface area contributed by atoms with Crippen molar-refractivity contribution in [3.05, 3.63) is 83.9 Å². The SMILES string of the molecule is CC(=O)O[C@H](C(=O)O[C@@H](C/C=C/CC[C@@H](C)O[Si](C)(C)C(C)(C)C)[C@@H](C)OCc1ccccc1)c1ccccc1. The highest BCUT2D eigenvalue weighted by molar-refractivity contribution is 6.74. The number of hydrogen-bond donors (Lipinski definition) is 0. The number of carbonyl (C=O) groups excluding carboxylic acids is 2. The zero-order valence-electron chi connectivity index (χ0n) is 25.5. The monoisotopic (exact) mass is 568 g/mol. The van der Waals surface area contributed by atoms with E-state index in [-0.39, 0.29) is 17.2 Å². The first-order chi connectivity index (χ1) is 18.8. The molecule has 0 bridgehead atoms. The van der Waals surface area contributed by atoms with Gasteiger partial charge in [-0.2, -0.15) is 0 Å². The molecule has 0 N–H and O–H groups in total. The summed E-state index contributed by atoms with van der Waals surface area (Å²) in [6, 6.07) is 18.8. The molecule has 0 saturated heterocycles. The second kappa shape index (κ2) is 15.9. The lowest BCUT2D eigenvalue weighted by Gasteiger charge is -2.38. The Labute approximate surface area is 242 Å². The summed E-state index contributed by atoms with van der Waals surface area (Å²) >= 11 is 0. The molecule has 4 atom stereocenters. The molecule has 0 aromatic heterocycles. The van der Waals surface area contributed by atoms with Crippen LogP contribution in [0.25, 0.3) is 0 Å².